The third kappa shape index (κ3) is 3.66. The zero-order chi connectivity index (χ0) is 15.6. The van der Waals surface area contributed by atoms with Crippen molar-refractivity contribution in [1.82, 2.24) is 9.78 Å². The highest BCUT2D eigenvalue weighted by molar-refractivity contribution is 6.31. The molecule has 1 aromatic heterocycles. The number of rotatable bonds is 5. The Morgan fingerprint density at radius 1 is 1.19 bits per heavy atom. The Labute approximate surface area is 132 Å². The second-order valence-electron chi connectivity index (χ2n) is 5.75. The molecule has 0 fully saturated rings. The molecule has 1 atom stereocenters. The van der Waals surface area contributed by atoms with E-state index in [-0.39, 0.29) is 6.04 Å². The quantitative estimate of drug-likeness (QED) is 0.917. The lowest BCUT2D eigenvalue weighted by Crippen LogP contribution is -2.27. The molecule has 0 spiro atoms. The van der Waals surface area contributed by atoms with E-state index in [2.05, 4.69) is 44.1 Å². The highest BCUT2D eigenvalue weighted by atomic mass is 35.5. The summed E-state index contributed by atoms with van der Waals surface area (Å²) in [5.74, 6) is 0. The average Bonchev–Trinajstić information content (AvgIpc) is 2.70. The predicted molar refractivity (Wildman–Crippen MR) is 88.9 cm³/mol. The van der Waals surface area contributed by atoms with Gasteiger partial charge in [0.25, 0.3) is 0 Å². The molecule has 2 N–H and O–H groups in total. The van der Waals surface area contributed by atoms with Gasteiger partial charge in [0.15, 0.2) is 0 Å². The van der Waals surface area contributed by atoms with Crippen molar-refractivity contribution in [2.45, 2.75) is 53.1 Å². The van der Waals surface area contributed by atoms with Crippen LogP contribution in [-0.4, -0.2) is 15.8 Å². The first kappa shape index (κ1) is 16.1. The van der Waals surface area contributed by atoms with Crippen LogP contribution in [0.5, 0.6) is 0 Å². The van der Waals surface area contributed by atoms with Crippen LogP contribution in [0.2, 0.25) is 5.02 Å². The SMILES string of the molecule is CCn1nc(C)c(Cl)c1CC(N)Cc1ccc(C)c(C)c1. The lowest BCUT2D eigenvalue weighted by molar-refractivity contribution is 0.574. The minimum absolute atomic E-state index is 0.0472. The van der Waals surface area contributed by atoms with Crippen molar-refractivity contribution in [3.8, 4) is 0 Å². The molecule has 1 heterocycles. The van der Waals surface area contributed by atoms with Gasteiger partial charge in [0.05, 0.1) is 16.4 Å². The van der Waals surface area contributed by atoms with E-state index in [1.165, 1.54) is 16.7 Å². The Morgan fingerprint density at radius 3 is 2.52 bits per heavy atom. The molecular formula is C17H24ClN3. The van der Waals surface area contributed by atoms with E-state index in [1.54, 1.807) is 0 Å². The first-order valence-corrected chi connectivity index (χ1v) is 7.83. The second-order valence-corrected chi connectivity index (χ2v) is 6.13. The summed E-state index contributed by atoms with van der Waals surface area (Å²) in [5, 5.41) is 5.20. The first-order chi connectivity index (χ1) is 9.92. The minimum Gasteiger partial charge on any atom is -0.327 e. The number of hydrogen-bond donors (Lipinski definition) is 1. The smallest absolute Gasteiger partial charge is 0.0847 e. The van der Waals surface area contributed by atoms with Crippen molar-refractivity contribution in [2.75, 3.05) is 0 Å². The number of aromatic nitrogens is 2. The molecule has 0 radical (unpaired) electrons. The molecule has 0 aliphatic heterocycles. The Bertz CT molecular complexity index is 631. The van der Waals surface area contributed by atoms with Crippen LogP contribution in [0.1, 0.15) is 35.0 Å². The molecule has 1 aromatic carbocycles. The maximum Gasteiger partial charge on any atom is 0.0847 e. The van der Waals surface area contributed by atoms with Crippen LogP contribution < -0.4 is 5.73 Å². The van der Waals surface area contributed by atoms with E-state index >= 15 is 0 Å². The Hall–Kier alpha value is -1.32. The van der Waals surface area contributed by atoms with Gasteiger partial charge in [-0.15, -0.1) is 0 Å². The maximum absolute atomic E-state index is 6.35. The molecule has 0 saturated carbocycles. The van der Waals surface area contributed by atoms with Crippen LogP contribution in [0.3, 0.4) is 0 Å². The minimum atomic E-state index is 0.0472. The number of halogens is 1. The van der Waals surface area contributed by atoms with Crippen molar-refractivity contribution in [2.24, 2.45) is 5.73 Å². The van der Waals surface area contributed by atoms with Crippen LogP contribution in [0.4, 0.5) is 0 Å². The van der Waals surface area contributed by atoms with Gasteiger partial charge in [-0.1, -0.05) is 29.8 Å². The largest absolute Gasteiger partial charge is 0.327 e. The van der Waals surface area contributed by atoms with Crippen LogP contribution in [0.15, 0.2) is 18.2 Å². The molecule has 1 unspecified atom stereocenters. The van der Waals surface area contributed by atoms with Gasteiger partial charge < -0.3 is 5.73 Å². The van der Waals surface area contributed by atoms with Crippen LogP contribution in [0.25, 0.3) is 0 Å². The normalized spacial score (nSPS) is 12.7. The predicted octanol–water partition coefficient (Wildman–Crippen LogP) is 3.59. The monoisotopic (exact) mass is 305 g/mol. The number of nitrogens with zero attached hydrogens (tertiary/aromatic N) is 2. The van der Waals surface area contributed by atoms with E-state index in [4.69, 9.17) is 17.3 Å². The Balaban J connectivity index is 2.11. The molecule has 114 valence electrons. The highest BCUT2D eigenvalue weighted by Crippen LogP contribution is 2.22. The summed E-state index contributed by atoms with van der Waals surface area (Å²) in [5.41, 5.74) is 12.2. The van der Waals surface area contributed by atoms with Gasteiger partial charge in [-0.2, -0.15) is 5.10 Å². The fourth-order valence-electron chi connectivity index (χ4n) is 2.62. The van der Waals surface area contributed by atoms with Gasteiger partial charge in [-0.3, -0.25) is 4.68 Å². The van der Waals surface area contributed by atoms with E-state index in [0.29, 0.717) is 0 Å². The standard InChI is InChI=1S/C17H24ClN3/c1-5-21-16(17(18)13(4)20-21)10-15(19)9-14-7-6-11(2)12(3)8-14/h6-8,15H,5,9-10,19H2,1-4H3. The molecular weight excluding hydrogens is 282 g/mol. The molecule has 0 aliphatic carbocycles. The third-order valence-corrected chi connectivity index (χ3v) is 4.47. The van der Waals surface area contributed by atoms with Gasteiger partial charge >= 0.3 is 0 Å². The maximum atomic E-state index is 6.35. The van der Waals surface area contributed by atoms with Crippen molar-refractivity contribution in [1.29, 1.82) is 0 Å². The number of hydrogen-bond acceptors (Lipinski definition) is 2. The van der Waals surface area contributed by atoms with Gasteiger partial charge in [0, 0.05) is 19.0 Å². The zero-order valence-corrected chi connectivity index (χ0v) is 14.0. The molecule has 21 heavy (non-hydrogen) atoms. The summed E-state index contributed by atoms with van der Waals surface area (Å²) in [6.45, 7) is 9.09. The molecule has 0 amide bonds. The highest BCUT2D eigenvalue weighted by Gasteiger charge is 2.16. The first-order valence-electron chi connectivity index (χ1n) is 7.45. The summed E-state index contributed by atoms with van der Waals surface area (Å²) in [4.78, 5) is 0. The van der Waals surface area contributed by atoms with Gasteiger partial charge in [-0.25, -0.2) is 0 Å². The zero-order valence-electron chi connectivity index (χ0n) is 13.3. The van der Waals surface area contributed by atoms with E-state index < -0.39 is 0 Å². The fourth-order valence-corrected chi connectivity index (χ4v) is 2.83. The van der Waals surface area contributed by atoms with E-state index in [0.717, 1.165) is 35.8 Å². The van der Waals surface area contributed by atoms with Crippen molar-refractivity contribution < 1.29 is 0 Å². The molecule has 2 rings (SSSR count). The summed E-state index contributed by atoms with van der Waals surface area (Å²) >= 11 is 6.35. The molecule has 0 aliphatic rings. The lowest BCUT2D eigenvalue weighted by atomic mass is 9.99. The number of aryl methyl sites for hydroxylation is 4. The summed E-state index contributed by atoms with van der Waals surface area (Å²) in [6.07, 6.45) is 1.60. The Morgan fingerprint density at radius 2 is 1.90 bits per heavy atom. The summed E-state index contributed by atoms with van der Waals surface area (Å²) in [6, 6.07) is 6.59. The molecule has 3 nitrogen and oxygen atoms in total. The second kappa shape index (κ2) is 6.63. The molecule has 2 aromatic rings. The van der Waals surface area contributed by atoms with Crippen LogP contribution in [0, 0.1) is 20.8 Å². The van der Waals surface area contributed by atoms with Crippen molar-refractivity contribution >= 4 is 11.6 Å². The summed E-state index contributed by atoms with van der Waals surface area (Å²) in [7, 11) is 0. The van der Waals surface area contributed by atoms with Gasteiger partial charge in [0.1, 0.15) is 0 Å². The molecule has 0 saturated heterocycles. The average molecular weight is 306 g/mol. The fraction of sp³-hybridized carbons (Fsp3) is 0.471. The van der Waals surface area contributed by atoms with Crippen LogP contribution >= 0.6 is 11.6 Å². The van der Waals surface area contributed by atoms with Gasteiger partial charge in [0.2, 0.25) is 0 Å². The van der Waals surface area contributed by atoms with Crippen LogP contribution in [-0.2, 0) is 19.4 Å². The van der Waals surface area contributed by atoms with Gasteiger partial charge in [-0.05, 0) is 50.8 Å². The van der Waals surface area contributed by atoms with E-state index in [9.17, 15) is 0 Å². The molecule has 4 heteroatoms. The lowest BCUT2D eigenvalue weighted by Gasteiger charge is -2.14. The summed E-state index contributed by atoms with van der Waals surface area (Å²) < 4.78 is 1.96. The Kier molecular flexibility index (Phi) is 5.07. The topological polar surface area (TPSA) is 43.8 Å². The van der Waals surface area contributed by atoms with Crippen molar-refractivity contribution in [3.05, 3.63) is 51.3 Å². The number of benzene rings is 1. The van der Waals surface area contributed by atoms with Crippen molar-refractivity contribution in [3.63, 3.8) is 0 Å². The van der Waals surface area contributed by atoms with E-state index in [1.807, 2.05) is 11.6 Å². The molecule has 0 bridgehead atoms. The number of nitrogens with two attached hydrogens (primary N) is 1. The third-order valence-electron chi connectivity index (χ3n) is 3.98.